The summed E-state index contributed by atoms with van der Waals surface area (Å²) in [5.74, 6) is 0. The molecule has 0 amide bonds. The summed E-state index contributed by atoms with van der Waals surface area (Å²) in [6.07, 6.45) is 0.631. The highest BCUT2D eigenvalue weighted by Gasteiger charge is 2.16. The van der Waals surface area contributed by atoms with E-state index in [0.717, 1.165) is 12.0 Å². The molecule has 0 aliphatic rings. The van der Waals surface area contributed by atoms with Gasteiger partial charge in [0.15, 0.2) is 0 Å². The van der Waals surface area contributed by atoms with Gasteiger partial charge in [0, 0.05) is 12.1 Å². The van der Waals surface area contributed by atoms with Crippen LogP contribution < -0.4 is 5.32 Å². The second-order valence-corrected chi connectivity index (χ2v) is 4.54. The van der Waals surface area contributed by atoms with Gasteiger partial charge in [0.2, 0.25) is 0 Å². The van der Waals surface area contributed by atoms with Crippen molar-refractivity contribution in [1.29, 1.82) is 0 Å². The Morgan fingerprint density at radius 1 is 1.27 bits per heavy atom. The zero-order chi connectivity index (χ0) is 11.3. The molecule has 2 nitrogen and oxygen atoms in total. The fraction of sp³-hybridized carbons (Fsp3) is 0.538. The Hall–Kier alpha value is -0.860. The van der Waals surface area contributed by atoms with Crippen molar-refractivity contribution in [3.8, 4) is 0 Å². The number of hydrogen-bond donors (Lipinski definition) is 2. The summed E-state index contributed by atoms with van der Waals surface area (Å²) in [6.45, 7) is 7.03. The summed E-state index contributed by atoms with van der Waals surface area (Å²) in [4.78, 5) is 0. The molecule has 0 bridgehead atoms. The van der Waals surface area contributed by atoms with Gasteiger partial charge in [-0.3, -0.25) is 0 Å². The zero-order valence-electron chi connectivity index (χ0n) is 9.83. The number of aliphatic hydroxyl groups excluding tert-OH is 1. The third kappa shape index (κ3) is 4.02. The van der Waals surface area contributed by atoms with E-state index >= 15 is 0 Å². The fourth-order valence-electron chi connectivity index (χ4n) is 1.29. The number of aliphatic hydroxyl groups is 1. The number of β-amino-alcohol motifs (C(OH)–C–C–N with tert-alkyl or cyclic N) is 1. The van der Waals surface area contributed by atoms with E-state index in [2.05, 4.69) is 26.1 Å². The first kappa shape index (κ1) is 12.2. The molecule has 0 aliphatic heterocycles. The lowest BCUT2D eigenvalue weighted by Gasteiger charge is -2.26. The molecule has 1 aromatic rings. The Bertz CT molecular complexity index is 282. The average Bonchev–Trinajstić information content (AvgIpc) is 2.27. The molecule has 1 aromatic carbocycles. The van der Waals surface area contributed by atoms with Gasteiger partial charge in [-0.05, 0) is 25.8 Å². The van der Waals surface area contributed by atoms with E-state index < -0.39 is 6.10 Å². The Kier molecular flexibility index (Phi) is 4.30. The maximum atomic E-state index is 9.92. The van der Waals surface area contributed by atoms with Crippen molar-refractivity contribution in [1.82, 2.24) is 5.32 Å². The lowest BCUT2D eigenvalue weighted by molar-refractivity contribution is 0.160. The average molecular weight is 207 g/mol. The summed E-state index contributed by atoms with van der Waals surface area (Å²) >= 11 is 0. The highest BCUT2D eigenvalue weighted by atomic mass is 16.3. The molecule has 1 rings (SSSR count). The van der Waals surface area contributed by atoms with Gasteiger partial charge < -0.3 is 10.4 Å². The molecule has 0 radical (unpaired) electrons. The molecule has 2 N–H and O–H groups in total. The van der Waals surface area contributed by atoms with Crippen LogP contribution in [0.15, 0.2) is 30.3 Å². The fourth-order valence-corrected chi connectivity index (χ4v) is 1.29. The summed E-state index contributed by atoms with van der Waals surface area (Å²) in [6, 6.07) is 9.75. The quantitative estimate of drug-likeness (QED) is 0.777. The number of rotatable bonds is 5. The van der Waals surface area contributed by atoms with Crippen LogP contribution in [0, 0.1) is 0 Å². The molecular weight excluding hydrogens is 186 g/mol. The number of benzene rings is 1. The molecular formula is C13H21NO. The van der Waals surface area contributed by atoms with Gasteiger partial charge in [0.25, 0.3) is 0 Å². The van der Waals surface area contributed by atoms with Gasteiger partial charge in [-0.1, -0.05) is 37.3 Å². The van der Waals surface area contributed by atoms with Crippen LogP contribution >= 0.6 is 0 Å². The monoisotopic (exact) mass is 207 g/mol. The van der Waals surface area contributed by atoms with Crippen molar-refractivity contribution >= 4 is 0 Å². The van der Waals surface area contributed by atoms with Gasteiger partial charge in [-0.25, -0.2) is 0 Å². The van der Waals surface area contributed by atoms with E-state index in [0.29, 0.717) is 6.54 Å². The molecule has 2 heteroatoms. The van der Waals surface area contributed by atoms with Crippen LogP contribution in [0.3, 0.4) is 0 Å². The van der Waals surface area contributed by atoms with Crippen LogP contribution in [-0.2, 0) is 0 Å². The summed E-state index contributed by atoms with van der Waals surface area (Å²) in [5.41, 5.74) is 1.06. The lowest BCUT2D eigenvalue weighted by Crippen LogP contribution is -2.40. The third-order valence-electron chi connectivity index (χ3n) is 2.84. The summed E-state index contributed by atoms with van der Waals surface area (Å²) in [7, 11) is 0. The van der Waals surface area contributed by atoms with E-state index in [1.807, 2.05) is 30.3 Å². The van der Waals surface area contributed by atoms with Gasteiger partial charge in [-0.2, -0.15) is 0 Å². The minimum Gasteiger partial charge on any atom is -0.387 e. The smallest absolute Gasteiger partial charge is 0.0914 e. The van der Waals surface area contributed by atoms with Crippen LogP contribution in [0.5, 0.6) is 0 Å². The van der Waals surface area contributed by atoms with E-state index in [1.54, 1.807) is 0 Å². The Labute approximate surface area is 92.3 Å². The van der Waals surface area contributed by atoms with Crippen molar-refractivity contribution < 1.29 is 5.11 Å². The molecule has 0 aliphatic carbocycles. The molecule has 84 valence electrons. The molecule has 0 heterocycles. The molecule has 1 atom stereocenters. The molecule has 0 fully saturated rings. The molecule has 1 unspecified atom stereocenters. The van der Waals surface area contributed by atoms with Crippen LogP contribution in [0.25, 0.3) is 0 Å². The molecule has 15 heavy (non-hydrogen) atoms. The Balaban J connectivity index is 2.47. The van der Waals surface area contributed by atoms with E-state index in [9.17, 15) is 5.11 Å². The van der Waals surface area contributed by atoms with Gasteiger partial charge in [0.05, 0.1) is 6.10 Å². The largest absolute Gasteiger partial charge is 0.387 e. The predicted molar refractivity (Wildman–Crippen MR) is 63.8 cm³/mol. The molecule has 0 spiro atoms. The van der Waals surface area contributed by atoms with Crippen molar-refractivity contribution in [2.75, 3.05) is 6.54 Å². The molecule has 0 aromatic heterocycles. The first-order valence-corrected chi connectivity index (χ1v) is 5.53. The summed E-state index contributed by atoms with van der Waals surface area (Å²) in [5, 5.41) is 13.3. The first-order valence-electron chi connectivity index (χ1n) is 5.53. The van der Waals surface area contributed by atoms with E-state index in [4.69, 9.17) is 0 Å². The highest BCUT2D eigenvalue weighted by Crippen LogP contribution is 2.13. The lowest BCUT2D eigenvalue weighted by atomic mass is 10.0. The third-order valence-corrected chi connectivity index (χ3v) is 2.84. The topological polar surface area (TPSA) is 32.3 Å². The second-order valence-electron chi connectivity index (χ2n) is 4.54. The van der Waals surface area contributed by atoms with Crippen molar-refractivity contribution in [3.63, 3.8) is 0 Å². The Morgan fingerprint density at radius 3 is 2.40 bits per heavy atom. The van der Waals surface area contributed by atoms with Gasteiger partial charge in [-0.15, -0.1) is 0 Å². The maximum absolute atomic E-state index is 9.92. The second kappa shape index (κ2) is 5.29. The van der Waals surface area contributed by atoms with E-state index in [1.165, 1.54) is 0 Å². The molecule has 0 saturated heterocycles. The van der Waals surface area contributed by atoms with Gasteiger partial charge >= 0.3 is 0 Å². The molecule has 0 saturated carbocycles. The number of hydrogen-bond acceptors (Lipinski definition) is 2. The normalized spacial score (nSPS) is 13.9. The van der Waals surface area contributed by atoms with Crippen LogP contribution in [-0.4, -0.2) is 17.2 Å². The minimum absolute atomic E-state index is 0.0930. The maximum Gasteiger partial charge on any atom is 0.0914 e. The van der Waals surface area contributed by atoms with Crippen LogP contribution in [0.4, 0.5) is 0 Å². The van der Waals surface area contributed by atoms with Crippen LogP contribution in [0.2, 0.25) is 0 Å². The SMILES string of the molecule is CCC(C)(C)NCC(O)c1ccccc1. The van der Waals surface area contributed by atoms with Gasteiger partial charge in [0.1, 0.15) is 0 Å². The highest BCUT2D eigenvalue weighted by molar-refractivity contribution is 5.17. The van der Waals surface area contributed by atoms with Crippen molar-refractivity contribution in [2.45, 2.75) is 38.8 Å². The van der Waals surface area contributed by atoms with Crippen molar-refractivity contribution in [2.24, 2.45) is 0 Å². The predicted octanol–water partition coefficient (Wildman–Crippen LogP) is 2.50. The van der Waals surface area contributed by atoms with Crippen molar-refractivity contribution in [3.05, 3.63) is 35.9 Å². The van der Waals surface area contributed by atoms with E-state index in [-0.39, 0.29) is 5.54 Å². The van der Waals surface area contributed by atoms with Crippen LogP contribution in [0.1, 0.15) is 38.9 Å². The summed E-state index contributed by atoms with van der Waals surface area (Å²) < 4.78 is 0. The zero-order valence-corrected chi connectivity index (χ0v) is 9.83. The first-order chi connectivity index (χ1) is 7.05. The number of nitrogens with one attached hydrogen (secondary N) is 1. The minimum atomic E-state index is -0.419. The Morgan fingerprint density at radius 2 is 1.87 bits per heavy atom. The standard InChI is InChI=1S/C13H21NO/c1-4-13(2,3)14-10-12(15)11-8-6-5-7-9-11/h5-9,12,14-15H,4,10H2,1-3H3.